The van der Waals surface area contributed by atoms with Gasteiger partial charge in [-0.2, -0.15) is 5.10 Å². The van der Waals surface area contributed by atoms with Crippen molar-refractivity contribution in [3.05, 3.63) is 18.0 Å². The van der Waals surface area contributed by atoms with Crippen molar-refractivity contribution in [2.45, 2.75) is 25.3 Å². The van der Waals surface area contributed by atoms with Gasteiger partial charge >= 0.3 is 5.97 Å². The maximum absolute atomic E-state index is 10.8. The highest BCUT2D eigenvalue weighted by Crippen LogP contribution is 2.34. The van der Waals surface area contributed by atoms with Crippen LogP contribution in [0.1, 0.15) is 35.8 Å². The Morgan fingerprint density at radius 3 is 3.00 bits per heavy atom. The molecule has 1 fully saturated rings. The molecule has 1 saturated carbocycles. The second-order valence-corrected chi connectivity index (χ2v) is 3.82. The summed E-state index contributed by atoms with van der Waals surface area (Å²) in [5.41, 5.74) is 0.519. The summed E-state index contributed by atoms with van der Waals surface area (Å²) in [5, 5.41) is 12.9. The molecular formula is C10H12N2O3. The van der Waals surface area contributed by atoms with Crippen LogP contribution >= 0.6 is 0 Å². The van der Waals surface area contributed by atoms with E-state index in [9.17, 15) is 9.59 Å². The van der Waals surface area contributed by atoms with Crippen molar-refractivity contribution in [3.63, 3.8) is 0 Å². The quantitative estimate of drug-likeness (QED) is 0.755. The van der Waals surface area contributed by atoms with Crippen molar-refractivity contribution >= 4 is 12.3 Å². The second kappa shape index (κ2) is 3.84. The first-order valence-electron chi connectivity index (χ1n) is 4.94. The maximum Gasteiger partial charge on any atom is 0.306 e. The molecule has 1 aliphatic carbocycles. The van der Waals surface area contributed by atoms with Gasteiger partial charge in [-0.3, -0.25) is 14.3 Å². The van der Waals surface area contributed by atoms with Crippen LogP contribution in [0.25, 0.3) is 0 Å². The van der Waals surface area contributed by atoms with E-state index >= 15 is 0 Å². The van der Waals surface area contributed by atoms with Crippen molar-refractivity contribution in [2.75, 3.05) is 0 Å². The van der Waals surface area contributed by atoms with Crippen LogP contribution in [0, 0.1) is 5.92 Å². The van der Waals surface area contributed by atoms with Crippen LogP contribution in [0.15, 0.2) is 12.3 Å². The molecule has 5 heteroatoms. The van der Waals surface area contributed by atoms with Crippen molar-refractivity contribution < 1.29 is 14.7 Å². The maximum atomic E-state index is 10.8. The van der Waals surface area contributed by atoms with Gasteiger partial charge in [-0.05, 0) is 25.3 Å². The largest absolute Gasteiger partial charge is 0.481 e. The number of carboxylic acids is 1. The Balaban J connectivity index is 2.14. The molecule has 1 heterocycles. The molecule has 2 atom stereocenters. The van der Waals surface area contributed by atoms with Crippen LogP contribution in [0.2, 0.25) is 0 Å². The van der Waals surface area contributed by atoms with Crippen molar-refractivity contribution in [2.24, 2.45) is 5.92 Å². The Labute approximate surface area is 86.7 Å². The van der Waals surface area contributed by atoms with Gasteiger partial charge in [-0.25, -0.2) is 0 Å². The molecule has 0 saturated heterocycles. The van der Waals surface area contributed by atoms with Gasteiger partial charge in [-0.15, -0.1) is 0 Å². The molecule has 2 unspecified atom stereocenters. The fourth-order valence-corrected chi connectivity index (χ4v) is 2.13. The molecule has 80 valence electrons. The van der Waals surface area contributed by atoms with Gasteiger partial charge in [-0.1, -0.05) is 0 Å². The number of aldehydes is 1. The third-order valence-electron chi connectivity index (χ3n) is 2.92. The average Bonchev–Trinajstić information content (AvgIpc) is 2.85. The lowest BCUT2D eigenvalue weighted by Crippen LogP contribution is -2.13. The van der Waals surface area contributed by atoms with E-state index in [2.05, 4.69) is 5.10 Å². The first-order chi connectivity index (χ1) is 7.22. The summed E-state index contributed by atoms with van der Waals surface area (Å²) in [4.78, 5) is 21.5. The van der Waals surface area contributed by atoms with E-state index in [-0.39, 0.29) is 12.0 Å². The minimum atomic E-state index is -0.752. The van der Waals surface area contributed by atoms with E-state index in [1.807, 2.05) is 0 Å². The normalized spacial score (nSPS) is 25.3. The number of carbonyl (C=O) groups excluding carboxylic acids is 1. The molecule has 1 aliphatic rings. The summed E-state index contributed by atoms with van der Waals surface area (Å²) >= 11 is 0. The van der Waals surface area contributed by atoms with E-state index in [0.717, 1.165) is 12.7 Å². The van der Waals surface area contributed by atoms with Gasteiger partial charge < -0.3 is 5.11 Å². The van der Waals surface area contributed by atoms with Gasteiger partial charge in [0.05, 0.1) is 12.0 Å². The number of nitrogens with zero attached hydrogens (tertiary/aromatic N) is 2. The first kappa shape index (κ1) is 9.89. The highest BCUT2D eigenvalue weighted by molar-refractivity contribution is 5.72. The van der Waals surface area contributed by atoms with Crippen LogP contribution in [0.3, 0.4) is 0 Å². The summed E-state index contributed by atoms with van der Waals surface area (Å²) in [6.45, 7) is 0. The molecule has 2 rings (SSSR count). The Morgan fingerprint density at radius 2 is 2.40 bits per heavy atom. The van der Waals surface area contributed by atoms with E-state index in [1.165, 1.54) is 0 Å². The van der Waals surface area contributed by atoms with E-state index in [1.54, 1.807) is 16.9 Å². The Morgan fingerprint density at radius 1 is 1.60 bits per heavy atom. The zero-order valence-electron chi connectivity index (χ0n) is 8.17. The monoisotopic (exact) mass is 208 g/mol. The molecule has 0 spiro atoms. The SMILES string of the molecule is O=Cc1ccnn1C1CCC(C(=O)O)C1. The lowest BCUT2D eigenvalue weighted by molar-refractivity contribution is -0.141. The van der Waals surface area contributed by atoms with Gasteiger partial charge in [0, 0.05) is 6.20 Å². The minimum Gasteiger partial charge on any atom is -0.481 e. The Kier molecular flexibility index (Phi) is 2.53. The summed E-state index contributed by atoms with van der Waals surface area (Å²) in [6, 6.07) is 1.70. The Bertz CT molecular complexity index is 386. The minimum absolute atomic E-state index is 0.0568. The van der Waals surface area contributed by atoms with Crippen LogP contribution in [0.5, 0.6) is 0 Å². The lowest BCUT2D eigenvalue weighted by atomic mass is 10.1. The van der Waals surface area contributed by atoms with Crippen LogP contribution < -0.4 is 0 Å². The highest BCUT2D eigenvalue weighted by atomic mass is 16.4. The molecule has 0 bridgehead atoms. The summed E-state index contributed by atoms with van der Waals surface area (Å²) < 4.78 is 1.63. The predicted molar refractivity (Wildman–Crippen MR) is 51.6 cm³/mol. The molecule has 1 aromatic heterocycles. The number of aliphatic carboxylic acids is 1. The predicted octanol–water partition coefficient (Wildman–Crippen LogP) is 1.12. The fourth-order valence-electron chi connectivity index (χ4n) is 2.13. The van der Waals surface area contributed by atoms with Crippen LogP contribution in [-0.4, -0.2) is 27.1 Å². The number of aromatic nitrogens is 2. The molecule has 5 nitrogen and oxygen atoms in total. The van der Waals surface area contributed by atoms with Gasteiger partial charge in [0.2, 0.25) is 0 Å². The molecule has 15 heavy (non-hydrogen) atoms. The summed E-state index contributed by atoms with van der Waals surface area (Å²) in [5.74, 6) is -1.05. The zero-order chi connectivity index (χ0) is 10.8. The highest BCUT2D eigenvalue weighted by Gasteiger charge is 2.31. The third-order valence-corrected chi connectivity index (χ3v) is 2.92. The van der Waals surface area contributed by atoms with Crippen LogP contribution in [0.4, 0.5) is 0 Å². The zero-order valence-corrected chi connectivity index (χ0v) is 8.17. The molecule has 0 radical (unpaired) electrons. The van der Waals surface area contributed by atoms with E-state index in [0.29, 0.717) is 18.5 Å². The van der Waals surface area contributed by atoms with Crippen molar-refractivity contribution in [3.8, 4) is 0 Å². The van der Waals surface area contributed by atoms with E-state index in [4.69, 9.17) is 5.11 Å². The number of hydrogen-bond donors (Lipinski definition) is 1. The van der Waals surface area contributed by atoms with E-state index < -0.39 is 5.97 Å². The fraction of sp³-hybridized carbons (Fsp3) is 0.500. The molecular weight excluding hydrogens is 196 g/mol. The summed E-state index contributed by atoms with van der Waals surface area (Å²) in [6.07, 6.45) is 4.33. The number of rotatable bonds is 3. The number of carbonyl (C=O) groups is 2. The number of carboxylic acid groups (broad SMARTS) is 1. The van der Waals surface area contributed by atoms with Gasteiger partial charge in [0.25, 0.3) is 0 Å². The molecule has 0 aromatic carbocycles. The topological polar surface area (TPSA) is 72.2 Å². The average molecular weight is 208 g/mol. The smallest absolute Gasteiger partial charge is 0.306 e. The molecule has 0 amide bonds. The van der Waals surface area contributed by atoms with Gasteiger partial charge in [0.1, 0.15) is 5.69 Å². The molecule has 1 aromatic rings. The molecule has 0 aliphatic heterocycles. The number of hydrogen-bond acceptors (Lipinski definition) is 3. The van der Waals surface area contributed by atoms with Gasteiger partial charge in [0.15, 0.2) is 6.29 Å². The summed E-state index contributed by atoms with van der Waals surface area (Å²) in [7, 11) is 0. The second-order valence-electron chi connectivity index (χ2n) is 3.82. The van der Waals surface area contributed by atoms with Crippen LogP contribution in [-0.2, 0) is 4.79 Å². The standard InChI is InChI=1S/C10H12N2O3/c13-6-9-3-4-11-12(9)8-2-1-7(5-8)10(14)15/h3-4,6-8H,1-2,5H2,(H,14,15). The molecule has 1 N–H and O–H groups in total. The van der Waals surface area contributed by atoms with Crippen molar-refractivity contribution in [1.29, 1.82) is 0 Å². The Hall–Kier alpha value is -1.65. The lowest BCUT2D eigenvalue weighted by Gasteiger charge is -2.11. The first-order valence-corrected chi connectivity index (χ1v) is 4.94. The third kappa shape index (κ3) is 1.77. The van der Waals surface area contributed by atoms with Crippen molar-refractivity contribution in [1.82, 2.24) is 9.78 Å².